The van der Waals surface area contributed by atoms with E-state index in [1.807, 2.05) is 0 Å². The smallest absolute Gasteiger partial charge is 0.220 e. The van der Waals surface area contributed by atoms with Crippen molar-refractivity contribution >= 4 is 24.1 Å². The Labute approximate surface area is 142 Å². The maximum atomic E-state index is 12.8. The van der Waals surface area contributed by atoms with Gasteiger partial charge in [0.05, 0.1) is 0 Å². The van der Waals surface area contributed by atoms with Crippen LogP contribution in [-0.2, 0) is 4.79 Å². The van der Waals surface area contributed by atoms with Crippen molar-refractivity contribution in [2.75, 3.05) is 39.3 Å². The second kappa shape index (κ2) is 10.3. The number of carbonyl (C=O) groups excluding carboxylic acids is 2. The molecule has 0 saturated carbocycles. The second-order valence-electron chi connectivity index (χ2n) is 5.37. The van der Waals surface area contributed by atoms with Crippen molar-refractivity contribution < 1.29 is 14.0 Å². The Morgan fingerprint density at radius 1 is 1.13 bits per heavy atom. The second-order valence-corrected chi connectivity index (χ2v) is 5.37. The molecule has 0 aromatic heterocycles. The highest BCUT2D eigenvalue weighted by Crippen LogP contribution is 2.07. The first-order valence-electron chi connectivity index (χ1n) is 7.64. The Bertz CT molecular complexity index is 505. The van der Waals surface area contributed by atoms with E-state index in [9.17, 15) is 14.0 Å². The molecule has 1 amide bonds. The fraction of sp³-hybridized carbons (Fsp3) is 0.500. The van der Waals surface area contributed by atoms with E-state index in [0.717, 1.165) is 32.7 Å². The van der Waals surface area contributed by atoms with Crippen LogP contribution in [0.1, 0.15) is 23.2 Å². The molecule has 1 heterocycles. The average Bonchev–Trinajstić information content (AvgIpc) is 2.54. The summed E-state index contributed by atoms with van der Waals surface area (Å²) < 4.78 is 12.8. The molecule has 0 spiro atoms. The SMILES string of the molecule is Cl.O=C(CCC(=O)c1ccc(F)cc1)NCCN1CCNCC1. The lowest BCUT2D eigenvalue weighted by molar-refractivity contribution is -0.121. The molecule has 5 nitrogen and oxygen atoms in total. The van der Waals surface area contributed by atoms with Crippen LogP contribution in [0.15, 0.2) is 24.3 Å². The number of hydrogen-bond donors (Lipinski definition) is 2. The van der Waals surface area contributed by atoms with Gasteiger partial charge in [-0.25, -0.2) is 4.39 Å². The summed E-state index contributed by atoms with van der Waals surface area (Å²) in [5.41, 5.74) is 0.440. The van der Waals surface area contributed by atoms with Crippen LogP contribution in [0.25, 0.3) is 0 Å². The molecule has 0 bridgehead atoms. The summed E-state index contributed by atoms with van der Waals surface area (Å²) >= 11 is 0. The van der Waals surface area contributed by atoms with Gasteiger partial charge in [-0.05, 0) is 24.3 Å². The van der Waals surface area contributed by atoms with Crippen molar-refractivity contribution in [1.29, 1.82) is 0 Å². The van der Waals surface area contributed by atoms with Crippen molar-refractivity contribution in [2.24, 2.45) is 0 Å². The molecule has 0 atom stereocenters. The quantitative estimate of drug-likeness (QED) is 0.731. The number of piperazine rings is 1. The molecule has 0 unspecified atom stereocenters. The highest BCUT2D eigenvalue weighted by Gasteiger charge is 2.11. The fourth-order valence-electron chi connectivity index (χ4n) is 2.38. The molecule has 128 valence electrons. The molecule has 1 aliphatic heterocycles. The summed E-state index contributed by atoms with van der Waals surface area (Å²) in [5, 5.41) is 6.11. The third-order valence-electron chi connectivity index (χ3n) is 3.71. The van der Waals surface area contributed by atoms with E-state index in [2.05, 4.69) is 15.5 Å². The number of Topliss-reactive ketones (excluding diaryl/α,β-unsaturated/α-hetero) is 1. The number of rotatable bonds is 7. The zero-order valence-electron chi connectivity index (χ0n) is 13.0. The number of nitrogens with zero attached hydrogens (tertiary/aromatic N) is 1. The maximum absolute atomic E-state index is 12.8. The van der Waals surface area contributed by atoms with E-state index in [-0.39, 0.29) is 42.8 Å². The Morgan fingerprint density at radius 2 is 1.78 bits per heavy atom. The molecule has 1 aliphatic rings. The molecule has 1 fully saturated rings. The zero-order chi connectivity index (χ0) is 15.8. The predicted octanol–water partition coefficient (Wildman–Crippen LogP) is 1.23. The standard InChI is InChI=1S/C16H22FN3O2.ClH/c17-14-3-1-13(2-4-14)15(21)5-6-16(22)19-9-12-20-10-7-18-8-11-20;/h1-4,18H,5-12H2,(H,19,22);1H. The highest BCUT2D eigenvalue weighted by molar-refractivity contribution is 5.97. The van der Waals surface area contributed by atoms with Crippen LogP contribution in [0, 0.1) is 5.82 Å². The van der Waals surface area contributed by atoms with Crippen molar-refractivity contribution in [3.63, 3.8) is 0 Å². The van der Waals surface area contributed by atoms with Gasteiger partial charge in [0.1, 0.15) is 5.82 Å². The van der Waals surface area contributed by atoms with Gasteiger partial charge in [-0.3, -0.25) is 14.5 Å². The average molecular weight is 344 g/mol. The van der Waals surface area contributed by atoms with Gasteiger partial charge in [0.2, 0.25) is 5.91 Å². The van der Waals surface area contributed by atoms with Gasteiger partial charge >= 0.3 is 0 Å². The van der Waals surface area contributed by atoms with Crippen molar-refractivity contribution in [2.45, 2.75) is 12.8 Å². The minimum atomic E-state index is -0.373. The summed E-state index contributed by atoms with van der Waals surface area (Å²) in [6.45, 7) is 5.40. The lowest BCUT2D eigenvalue weighted by Gasteiger charge is -2.27. The molecular weight excluding hydrogens is 321 g/mol. The van der Waals surface area contributed by atoms with E-state index in [4.69, 9.17) is 0 Å². The van der Waals surface area contributed by atoms with Gasteiger partial charge in [-0.2, -0.15) is 0 Å². The van der Waals surface area contributed by atoms with Crippen LogP contribution in [-0.4, -0.2) is 55.9 Å². The largest absolute Gasteiger partial charge is 0.355 e. The van der Waals surface area contributed by atoms with E-state index in [1.165, 1.54) is 24.3 Å². The summed E-state index contributed by atoms with van der Waals surface area (Å²) in [4.78, 5) is 25.9. The van der Waals surface area contributed by atoms with Crippen molar-refractivity contribution in [3.8, 4) is 0 Å². The molecule has 7 heteroatoms. The van der Waals surface area contributed by atoms with E-state index < -0.39 is 0 Å². The highest BCUT2D eigenvalue weighted by atomic mass is 35.5. The molecule has 1 aromatic rings. The monoisotopic (exact) mass is 343 g/mol. The predicted molar refractivity (Wildman–Crippen MR) is 89.5 cm³/mol. The summed E-state index contributed by atoms with van der Waals surface area (Å²) in [6.07, 6.45) is 0.308. The summed E-state index contributed by atoms with van der Waals surface area (Å²) in [7, 11) is 0. The van der Waals surface area contributed by atoms with Crippen LogP contribution >= 0.6 is 12.4 Å². The van der Waals surface area contributed by atoms with Gasteiger partial charge in [0, 0.05) is 57.7 Å². The fourth-order valence-corrected chi connectivity index (χ4v) is 2.38. The lowest BCUT2D eigenvalue weighted by Crippen LogP contribution is -2.46. The van der Waals surface area contributed by atoms with Crippen LogP contribution in [0.4, 0.5) is 4.39 Å². The number of hydrogen-bond acceptors (Lipinski definition) is 4. The van der Waals surface area contributed by atoms with Gasteiger partial charge in [-0.1, -0.05) is 0 Å². The van der Waals surface area contributed by atoms with Gasteiger partial charge in [-0.15, -0.1) is 12.4 Å². The van der Waals surface area contributed by atoms with Crippen LogP contribution in [0.2, 0.25) is 0 Å². The van der Waals surface area contributed by atoms with E-state index in [1.54, 1.807) is 0 Å². The van der Waals surface area contributed by atoms with E-state index in [0.29, 0.717) is 12.1 Å². The zero-order valence-corrected chi connectivity index (χ0v) is 13.8. The van der Waals surface area contributed by atoms with Crippen molar-refractivity contribution in [3.05, 3.63) is 35.6 Å². The number of carbonyl (C=O) groups is 2. The molecule has 1 aromatic carbocycles. The first-order chi connectivity index (χ1) is 10.6. The first-order valence-corrected chi connectivity index (χ1v) is 7.64. The Kier molecular flexibility index (Phi) is 8.76. The number of amides is 1. The minimum Gasteiger partial charge on any atom is -0.355 e. The molecule has 2 N–H and O–H groups in total. The molecular formula is C16H23ClFN3O2. The first kappa shape index (κ1) is 19.5. The Balaban J connectivity index is 0.00000264. The summed E-state index contributed by atoms with van der Waals surface area (Å²) in [6, 6.07) is 5.39. The van der Waals surface area contributed by atoms with Gasteiger partial charge in [0.25, 0.3) is 0 Å². The van der Waals surface area contributed by atoms with Crippen molar-refractivity contribution in [1.82, 2.24) is 15.5 Å². The third kappa shape index (κ3) is 7.07. The number of ketones is 1. The number of halogens is 2. The van der Waals surface area contributed by atoms with Crippen LogP contribution < -0.4 is 10.6 Å². The number of nitrogens with one attached hydrogen (secondary N) is 2. The topological polar surface area (TPSA) is 61.4 Å². The van der Waals surface area contributed by atoms with E-state index >= 15 is 0 Å². The molecule has 23 heavy (non-hydrogen) atoms. The molecule has 1 saturated heterocycles. The lowest BCUT2D eigenvalue weighted by atomic mass is 10.1. The van der Waals surface area contributed by atoms with Crippen LogP contribution in [0.3, 0.4) is 0 Å². The number of benzene rings is 1. The Hall–Kier alpha value is -1.50. The maximum Gasteiger partial charge on any atom is 0.220 e. The summed E-state index contributed by atoms with van der Waals surface area (Å²) in [5.74, 6) is -0.634. The molecule has 0 radical (unpaired) electrons. The Morgan fingerprint density at radius 3 is 2.43 bits per heavy atom. The minimum absolute atomic E-state index is 0. The van der Waals surface area contributed by atoms with Gasteiger partial charge in [0.15, 0.2) is 5.78 Å². The molecule has 0 aliphatic carbocycles. The van der Waals surface area contributed by atoms with Gasteiger partial charge < -0.3 is 10.6 Å². The molecule has 2 rings (SSSR count). The third-order valence-corrected chi connectivity index (χ3v) is 3.71. The normalized spacial score (nSPS) is 14.8. The van der Waals surface area contributed by atoms with Crippen LogP contribution in [0.5, 0.6) is 0 Å².